The molecule has 1 atom stereocenters. The summed E-state index contributed by atoms with van der Waals surface area (Å²) in [5, 5.41) is 2.92. The number of carbonyl (C=O) groups is 1. The van der Waals surface area contributed by atoms with E-state index in [0.717, 1.165) is 47.8 Å². The summed E-state index contributed by atoms with van der Waals surface area (Å²) >= 11 is 0. The molecule has 1 aromatic heterocycles. The van der Waals surface area contributed by atoms with Gasteiger partial charge in [-0.05, 0) is 46.7 Å². The number of benzene rings is 1. The predicted molar refractivity (Wildman–Crippen MR) is 108 cm³/mol. The molecule has 1 aromatic carbocycles. The first-order valence-electron chi connectivity index (χ1n) is 9.92. The minimum atomic E-state index is -0.155. The molecular formula is C22H29FN4O. The molecule has 1 fully saturated rings. The second kappa shape index (κ2) is 8.78. The van der Waals surface area contributed by atoms with Crippen LogP contribution in [0.4, 0.5) is 4.39 Å². The molecule has 2 heterocycles. The third-order valence-corrected chi connectivity index (χ3v) is 5.21. The fourth-order valence-corrected chi connectivity index (χ4v) is 3.79. The van der Waals surface area contributed by atoms with Crippen LogP contribution in [-0.4, -0.2) is 39.9 Å². The lowest BCUT2D eigenvalue weighted by atomic mass is 10.0. The molecular weight excluding hydrogens is 355 g/mol. The Morgan fingerprint density at radius 1 is 1.25 bits per heavy atom. The Labute approximate surface area is 166 Å². The number of rotatable bonds is 6. The number of hydrogen-bond acceptors (Lipinski definition) is 4. The summed E-state index contributed by atoms with van der Waals surface area (Å²) in [6, 6.07) is 7.05. The highest BCUT2D eigenvalue weighted by molar-refractivity contribution is 5.79. The van der Waals surface area contributed by atoms with Crippen LogP contribution < -0.4 is 5.32 Å². The van der Waals surface area contributed by atoms with E-state index >= 15 is 0 Å². The van der Waals surface area contributed by atoms with Gasteiger partial charge in [-0.15, -0.1) is 0 Å². The maximum absolute atomic E-state index is 13.9. The molecule has 1 aliphatic heterocycles. The topological polar surface area (TPSA) is 58.1 Å². The van der Waals surface area contributed by atoms with Crippen LogP contribution in [0.1, 0.15) is 54.5 Å². The molecule has 1 saturated heterocycles. The van der Waals surface area contributed by atoms with E-state index in [1.807, 2.05) is 39.8 Å². The van der Waals surface area contributed by atoms with Crippen molar-refractivity contribution < 1.29 is 9.18 Å². The Kier molecular flexibility index (Phi) is 6.39. The Balaban J connectivity index is 1.68. The third kappa shape index (κ3) is 4.93. The van der Waals surface area contributed by atoms with Crippen LogP contribution in [-0.2, 0) is 17.8 Å². The minimum Gasteiger partial charge on any atom is -0.354 e. The van der Waals surface area contributed by atoms with Crippen molar-refractivity contribution in [2.24, 2.45) is 0 Å². The van der Waals surface area contributed by atoms with Gasteiger partial charge < -0.3 is 5.32 Å². The van der Waals surface area contributed by atoms with E-state index in [9.17, 15) is 9.18 Å². The highest BCUT2D eigenvalue weighted by atomic mass is 19.1. The van der Waals surface area contributed by atoms with Gasteiger partial charge in [0.05, 0.1) is 6.42 Å². The Morgan fingerprint density at radius 3 is 2.57 bits per heavy atom. The first kappa shape index (κ1) is 20.4. The molecule has 150 valence electrons. The molecule has 0 unspecified atom stereocenters. The molecule has 3 rings (SSSR count). The number of hydrogen-bond donors (Lipinski definition) is 1. The smallest absolute Gasteiger partial charge is 0.224 e. The van der Waals surface area contributed by atoms with Crippen molar-refractivity contribution in [3.63, 3.8) is 0 Å². The summed E-state index contributed by atoms with van der Waals surface area (Å²) in [5.41, 5.74) is 3.37. The first-order valence-corrected chi connectivity index (χ1v) is 9.92. The zero-order valence-electron chi connectivity index (χ0n) is 17.1. The molecule has 0 bridgehead atoms. The monoisotopic (exact) mass is 384 g/mol. The van der Waals surface area contributed by atoms with Gasteiger partial charge in [-0.3, -0.25) is 9.69 Å². The highest BCUT2D eigenvalue weighted by Crippen LogP contribution is 2.27. The molecule has 1 aliphatic rings. The van der Waals surface area contributed by atoms with Crippen LogP contribution in [0.25, 0.3) is 0 Å². The number of nitrogens with one attached hydrogen (secondary N) is 1. The van der Waals surface area contributed by atoms with Crippen molar-refractivity contribution in [2.75, 3.05) is 13.1 Å². The Morgan fingerprint density at radius 2 is 1.93 bits per heavy atom. The molecule has 2 aromatic rings. The van der Waals surface area contributed by atoms with Crippen molar-refractivity contribution >= 4 is 5.91 Å². The Bertz CT molecular complexity index is 829. The van der Waals surface area contributed by atoms with Crippen molar-refractivity contribution in [1.29, 1.82) is 0 Å². The zero-order valence-corrected chi connectivity index (χ0v) is 17.1. The van der Waals surface area contributed by atoms with Crippen molar-refractivity contribution in [3.8, 4) is 0 Å². The number of likely N-dealkylation sites (tertiary alicyclic amines) is 1. The van der Waals surface area contributed by atoms with Crippen LogP contribution in [0.5, 0.6) is 0 Å². The third-order valence-electron chi connectivity index (χ3n) is 5.21. The number of carbonyl (C=O) groups excluding carboxylic acids is 1. The highest BCUT2D eigenvalue weighted by Gasteiger charge is 2.27. The Hall–Kier alpha value is -2.34. The summed E-state index contributed by atoms with van der Waals surface area (Å²) in [5.74, 6) is 0.911. The summed E-state index contributed by atoms with van der Waals surface area (Å²) < 4.78 is 13.9. The number of halogens is 1. The normalized spacial score (nSPS) is 17.3. The number of nitrogens with zero attached hydrogens (tertiary/aromatic N) is 3. The fourth-order valence-electron chi connectivity index (χ4n) is 3.79. The molecule has 0 spiro atoms. The summed E-state index contributed by atoms with van der Waals surface area (Å²) in [6.45, 7) is 10.1. The predicted octanol–water partition coefficient (Wildman–Crippen LogP) is 3.29. The van der Waals surface area contributed by atoms with Gasteiger partial charge in [-0.1, -0.05) is 18.2 Å². The molecule has 1 N–H and O–H groups in total. The van der Waals surface area contributed by atoms with Gasteiger partial charge in [-0.2, -0.15) is 0 Å². The van der Waals surface area contributed by atoms with Crippen molar-refractivity contribution in [3.05, 3.63) is 58.4 Å². The van der Waals surface area contributed by atoms with E-state index in [1.54, 1.807) is 6.07 Å². The van der Waals surface area contributed by atoms with E-state index in [-0.39, 0.29) is 23.7 Å². The van der Waals surface area contributed by atoms with Gasteiger partial charge in [0.1, 0.15) is 11.6 Å². The quantitative estimate of drug-likeness (QED) is 0.830. The van der Waals surface area contributed by atoms with E-state index in [1.165, 1.54) is 6.07 Å². The van der Waals surface area contributed by atoms with Crippen molar-refractivity contribution in [2.45, 2.75) is 59.0 Å². The summed E-state index contributed by atoms with van der Waals surface area (Å²) in [7, 11) is 0. The molecule has 0 aliphatic carbocycles. The van der Waals surface area contributed by atoms with Gasteiger partial charge >= 0.3 is 0 Å². The van der Waals surface area contributed by atoms with E-state index < -0.39 is 0 Å². The lowest BCUT2D eigenvalue weighted by Crippen LogP contribution is -2.32. The fraction of sp³-hybridized carbons (Fsp3) is 0.500. The average Bonchev–Trinajstić information content (AvgIpc) is 3.08. The molecule has 5 nitrogen and oxygen atoms in total. The maximum atomic E-state index is 13.9. The molecule has 0 radical (unpaired) electrons. The van der Waals surface area contributed by atoms with Crippen LogP contribution in [0.2, 0.25) is 0 Å². The van der Waals surface area contributed by atoms with Gasteiger partial charge in [-0.25, -0.2) is 14.4 Å². The molecule has 28 heavy (non-hydrogen) atoms. The van der Waals surface area contributed by atoms with Crippen molar-refractivity contribution in [1.82, 2.24) is 20.2 Å². The lowest BCUT2D eigenvalue weighted by molar-refractivity contribution is -0.120. The van der Waals surface area contributed by atoms with Crippen LogP contribution in [0.3, 0.4) is 0 Å². The number of aryl methyl sites for hydroxylation is 2. The second-order valence-electron chi connectivity index (χ2n) is 7.94. The molecule has 6 heteroatoms. The summed E-state index contributed by atoms with van der Waals surface area (Å²) in [6.07, 6.45) is 1.26. The van der Waals surface area contributed by atoms with Gasteiger partial charge in [0.25, 0.3) is 0 Å². The van der Waals surface area contributed by atoms with E-state index in [4.69, 9.17) is 9.97 Å². The minimum absolute atomic E-state index is 0.00511. The maximum Gasteiger partial charge on any atom is 0.224 e. The van der Waals surface area contributed by atoms with E-state index in [0.29, 0.717) is 13.0 Å². The standard InChI is InChI=1S/C22H29FN4O/c1-14(2)24-21(28)11-19-15(3)25-22(26-16(19)4)18-9-10-27(13-18)12-17-7-5-6-8-20(17)23/h5-8,14,18H,9-13H2,1-4H3,(H,24,28)/t18-/m1/s1. The van der Waals surface area contributed by atoms with Gasteiger partial charge in [0.2, 0.25) is 5.91 Å². The van der Waals surface area contributed by atoms with Crippen LogP contribution in [0.15, 0.2) is 24.3 Å². The first-order chi connectivity index (χ1) is 13.3. The largest absolute Gasteiger partial charge is 0.354 e. The van der Waals surface area contributed by atoms with E-state index in [2.05, 4.69) is 10.2 Å². The summed E-state index contributed by atoms with van der Waals surface area (Å²) in [4.78, 5) is 23.8. The number of aromatic nitrogens is 2. The van der Waals surface area contributed by atoms with Crippen LogP contribution >= 0.6 is 0 Å². The van der Waals surface area contributed by atoms with Crippen LogP contribution in [0, 0.1) is 19.7 Å². The number of amides is 1. The second-order valence-corrected chi connectivity index (χ2v) is 7.94. The zero-order chi connectivity index (χ0) is 20.3. The average molecular weight is 384 g/mol. The lowest BCUT2D eigenvalue weighted by Gasteiger charge is -2.17. The molecule has 1 amide bonds. The van der Waals surface area contributed by atoms with Gasteiger partial charge in [0, 0.05) is 47.6 Å². The molecule has 0 saturated carbocycles. The SMILES string of the molecule is Cc1nc([C@@H]2CCN(Cc3ccccc3F)C2)nc(C)c1CC(=O)NC(C)C. The van der Waals surface area contributed by atoms with Gasteiger partial charge in [0.15, 0.2) is 0 Å².